The molecule has 0 radical (unpaired) electrons. The summed E-state index contributed by atoms with van der Waals surface area (Å²) in [6.45, 7) is 0.473. The van der Waals surface area contributed by atoms with Gasteiger partial charge in [0, 0.05) is 12.6 Å². The molecule has 0 saturated carbocycles. The highest BCUT2D eigenvalue weighted by Crippen LogP contribution is 2.33. The molecule has 88 valence electrons. The van der Waals surface area contributed by atoms with Gasteiger partial charge in [-0.05, 0) is 25.5 Å². The Hall–Kier alpha value is -1.01. The second-order valence-electron chi connectivity index (χ2n) is 3.93. The molecular formula is C10H15N3O2S. The summed E-state index contributed by atoms with van der Waals surface area (Å²) < 4.78 is 23.5. The molecule has 2 rings (SSSR count). The van der Waals surface area contributed by atoms with Gasteiger partial charge in [-0.25, -0.2) is 18.4 Å². The van der Waals surface area contributed by atoms with Crippen LogP contribution in [0.4, 0.5) is 0 Å². The molecule has 0 amide bonds. The molecule has 1 atom stereocenters. The van der Waals surface area contributed by atoms with Crippen LogP contribution in [0.25, 0.3) is 0 Å². The fourth-order valence-corrected chi connectivity index (χ4v) is 3.85. The van der Waals surface area contributed by atoms with Gasteiger partial charge >= 0.3 is 0 Å². The van der Waals surface area contributed by atoms with Gasteiger partial charge in [-0.15, -0.1) is 0 Å². The minimum Gasteiger partial charge on any atom is -0.330 e. The molecule has 1 aromatic heterocycles. The molecule has 1 saturated heterocycles. The molecular weight excluding hydrogens is 226 g/mol. The van der Waals surface area contributed by atoms with Crippen molar-refractivity contribution in [3.8, 4) is 0 Å². The molecule has 1 aliphatic rings. The number of nitrogens with zero attached hydrogens (tertiary/aromatic N) is 2. The monoisotopic (exact) mass is 241 g/mol. The number of hydrogen-bond acceptors (Lipinski definition) is 5. The standard InChI is InChI=1S/C10H15N3O2S/c11-5-3-10-12-6-4-8(13-10)9-2-1-7-16(9,14)15/h4,6,9H,1-3,5,7,11H2. The minimum absolute atomic E-state index is 0.272. The summed E-state index contributed by atoms with van der Waals surface area (Å²) in [4.78, 5) is 8.33. The molecule has 1 unspecified atom stereocenters. The Kier molecular flexibility index (Phi) is 3.20. The van der Waals surface area contributed by atoms with Crippen molar-refractivity contribution < 1.29 is 8.42 Å². The number of hydrogen-bond donors (Lipinski definition) is 1. The second kappa shape index (κ2) is 4.47. The molecule has 1 aliphatic heterocycles. The first-order valence-electron chi connectivity index (χ1n) is 5.37. The molecule has 1 fully saturated rings. The van der Waals surface area contributed by atoms with Crippen molar-refractivity contribution in [2.24, 2.45) is 5.73 Å². The minimum atomic E-state index is -2.99. The molecule has 5 nitrogen and oxygen atoms in total. The summed E-state index contributed by atoms with van der Waals surface area (Å²) in [5, 5.41) is -0.438. The van der Waals surface area contributed by atoms with E-state index in [1.165, 1.54) is 0 Å². The normalized spacial score (nSPS) is 23.4. The van der Waals surface area contributed by atoms with Crippen LogP contribution in [0.3, 0.4) is 0 Å². The summed E-state index contributed by atoms with van der Waals surface area (Å²) >= 11 is 0. The number of nitrogens with two attached hydrogens (primary N) is 1. The van der Waals surface area contributed by atoms with Crippen LogP contribution >= 0.6 is 0 Å². The third-order valence-corrected chi connectivity index (χ3v) is 4.96. The maximum atomic E-state index is 11.7. The lowest BCUT2D eigenvalue weighted by Crippen LogP contribution is -2.12. The van der Waals surface area contributed by atoms with Gasteiger partial charge in [-0.2, -0.15) is 0 Å². The zero-order valence-electron chi connectivity index (χ0n) is 8.96. The third-order valence-electron chi connectivity index (χ3n) is 2.75. The lowest BCUT2D eigenvalue weighted by Gasteiger charge is -2.09. The first-order chi connectivity index (χ1) is 7.63. The zero-order valence-corrected chi connectivity index (χ0v) is 9.78. The van der Waals surface area contributed by atoms with Gasteiger partial charge in [0.2, 0.25) is 0 Å². The van der Waals surface area contributed by atoms with E-state index < -0.39 is 15.1 Å². The van der Waals surface area contributed by atoms with Crippen LogP contribution in [-0.4, -0.2) is 30.7 Å². The highest BCUT2D eigenvalue weighted by molar-refractivity contribution is 7.91. The van der Waals surface area contributed by atoms with E-state index in [4.69, 9.17) is 5.73 Å². The largest absolute Gasteiger partial charge is 0.330 e. The van der Waals surface area contributed by atoms with Crippen LogP contribution in [0.5, 0.6) is 0 Å². The van der Waals surface area contributed by atoms with Crippen LogP contribution in [-0.2, 0) is 16.3 Å². The summed E-state index contributed by atoms with van der Waals surface area (Å²) in [6.07, 6.45) is 3.59. The van der Waals surface area contributed by atoms with E-state index in [0.717, 1.165) is 6.42 Å². The van der Waals surface area contributed by atoms with Gasteiger partial charge in [-0.3, -0.25) is 0 Å². The van der Waals surface area contributed by atoms with Crippen LogP contribution in [0.2, 0.25) is 0 Å². The van der Waals surface area contributed by atoms with Crippen molar-refractivity contribution in [2.45, 2.75) is 24.5 Å². The zero-order chi connectivity index (χ0) is 11.6. The first-order valence-corrected chi connectivity index (χ1v) is 7.08. The van der Waals surface area contributed by atoms with Crippen LogP contribution in [0, 0.1) is 0 Å². The van der Waals surface area contributed by atoms with E-state index >= 15 is 0 Å². The quantitative estimate of drug-likeness (QED) is 0.818. The van der Waals surface area contributed by atoms with Crippen LogP contribution in [0.1, 0.15) is 29.6 Å². The van der Waals surface area contributed by atoms with Gasteiger partial charge in [0.1, 0.15) is 11.1 Å². The Labute approximate surface area is 95.0 Å². The van der Waals surface area contributed by atoms with E-state index in [-0.39, 0.29) is 5.75 Å². The maximum Gasteiger partial charge on any atom is 0.158 e. The number of rotatable bonds is 3. The summed E-state index contributed by atoms with van der Waals surface area (Å²) in [5.74, 6) is 0.899. The lowest BCUT2D eigenvalue weighted by atomic mass is 10.2. The van der Waals surface area contributed by atoms with Gasteiger partial charge in [-0.1, -0.05) is 0 Å². The van der Waals surface area contributed by atoms with E-state index in [1.807, 2.05) is 0 Å². The number of aromatic nitrogens is 2. The second-order valence-corrected chi connectivity index (χ2v) is 6.24. The lowest BCUT2D eigenvalue weighted by molar-refractivity contribution is 0.590. The Morgan fingerprint density at radius 1 is 1.50 bits per heavy atom. The van der Waals surface area contributed by atoms with Crippen molar-refractivity contribution in [1.29, 1.82) is 0 Å². The summed E-state index contributed by atoms with van der Waals surface area (Å²) in [6, 6.07) is 1.69. The van der Waals surface area contributed by atoms with Crippen molar-refractivity contribution in [3.05, 3.63) is 23.8 Å². The topological polar surface area (TPSA) is 85.9 Å². The first kappa shape index (κ1) is 11.5. The molecule has 16 heavy (non-hydrogen) atoms. The number of sulfone groups is 1. The molecule has 2 heterocycles. The fourth-order valence-electron chi connectivity index (χ4n) is 1.97. The van der Waals surface area contributed by atoms with E-state index in [0.29, 0.717) is 30.9 Å². The smallest absolute Gasteiger partial charge is 0.158 e. The Bertz CT molecular complexity index is 473. The van der Waals surface area contributed by atoms with Crippen molar-refractivity contribution in [3.63, 3.8) is 0 Å². The van der Waals surface area contributed by atoms with E-state index in [9.17, 15) is 8.42 Å². The summed E-state index contributed by atoms with van der Waals surface area (Å²) in [7, 11) is -2.99. The molecule has 0 spiro atoms. The maximum absolute atomic E-state index is 11.7. The Balaban J connectivity index is 2.30. The fraction of sp³-hybridized carbons (Fsp3) is 0.600. The predicted octanol–water partition coefficient (Wildman–Crippen LogP) is 0.227. The Morgan fingerprint density at radius 3 is 2.94 bits per heavy atom. The summed E-state index contributed by atoms with van der Waals surface area (Å²) in [5.41, 5.74) is 6.04. The van der Waals surface area contributed by atoms with E-state index in [2.05, 4.69) is 9.97 Å². The van der Waals surface area contributed by atoms with Crippen molar-refractivity contribution in [2.75, 3.05) is 12.3 Å². The molecule has 0 aromatic carbocycles. The molecule has 0 bridgehead atoms. The van der Waals surface area contributed by atoms with Crippen molar-refractivity contribution in [1.82, 2.24) is 9.97 Å². The van der Waals surface area contributed by atoms with Gasteiger partial charge in [0.25, 0.3) is 0 Å². The van der Waals surface area contributed by atoms with Gasteiger partial charge in [0.15, 0.2) is 9.84 Å². The molecule has 6 heteroatoms. The predicted molar refractivity (Wildman–Crippen MR) is 60.6 cm³/mol. The van der Waals surface area contributed by atoms with Gasteiger partial charge in [0.05, 0.1) is 11.4 Å². The molecule has 2 N–H and O–H groups in total. The Morgan fingerprint density at radius 2 is 2.31 bits per heavy atom. The molecule has 0 aliphatic carbocycles. The highest BCUT2D eigenvalue weighted by atomic mass is 32.2. The third kappa shape index (κ3) is 2.22. The van der Waals surface area contributed by atoms with Gasteiger partial charge < -0.3 is 5.73 Å². The molecule has 1 aromatic rings. The van der Waals surface area contributed by atoms with Crippen LogP contribution in [0.15, 0.2) is 12.3 Å². The highest BCUT2D eigenvalue weighted by Gasteiger charge is 2.33. The van der Waals surface area contributed by atoms with E-state index in [1.54, 1.807) is 12.3 Å². The van der Waals surface area contributed by atoms with Crippen molar-refractivity contribution >= 4 is 9.84 Å². The SMILES string of the molecule is NCCc1nccc(C2CCCS2(=O)=O)n1. The average molecular weight is 241 g/mol. The average Bonchev–Trinajstić information content (AvgIpc) is 2.59. The van der Waals surface area contributed by atoms with Crippen LogP contribution < -0.4 is 5.73 Å².